The minimum absolute atomic E-state index is 0.000741. The van der Waals surface area contributed by atoms with Crippen LogP contribution >= 0.6 is 11.3 Å². The van der Waals surface area contributed by atoms with Gasteiger partial charge in [0.15, 0.2) is 0 Å². The maximum Gasteiger partial charge on any atom is 0.249 e. The predicted molar refractivity (Wildman–Crippen MR) is 80.7 cm³/mol. The van der Waals surface area contributed by atoms with Crippen molar-refractivity contribution in [2.45, 2.75) is 63.6 Å². The van der Waals surface area contributed by atoms with Gasteiger partial charge >= 0.3 is 0 Å². The van der Waals surface area contributed by atoms with Crippen molar-refractivity contribution in [2.24, 2.45) is 0 Å². The van der Waals surface area contributed by atoms with E-state index in [4.69, 9.17) is 0 Å². The standard InChI is InChI=1S/C15H21N3O2S/c1-14(2)13(20)18(10-11-16-8-9-21-11)15(12(19)17-14)6-4-3-5-7-15/h8-9H,3-7,10H2,1-2H3,(H,17,19). The summed E-state index contributed by atoms with van der Waals surface area (Å²) in [6.07, 6.45) is 6.38. The fourth-order valence-corrected chi connectivity index (χ4v) is 4.04. The monoisotopic (exact) mass is 307 g/mol. The molecule has 1 saturated heterocycles. The molecular weight excluding hydrogens is 286 g/mol. The highest BCUT2D eigenvalue weighted by molar-refractivity contribution is 7.09. The smallest absolute Gasteiger partial charge is 0.249 e. The Labute approximate surface area is 128 Å². The van der Waals surface area contributed by atoms with Gasteiger partial charge in [0, 0.05) is 11.6 Å². The molecule has 1 aromatic heterocycles. The van der Waals surface area contributed by atoms with Crippen LogP contribution in [0.5, 0.6) is 0 Å². The van der Waals surface area contributed by atoms with Gasteiger partial charge < -0.3 is 10.2 Å². The van der Waals surface area contributed by atoms with Gasteiger partial charge in [-0.25, -0.2) is 4.98 Å². The van der Waals surface area contributed by atoms with Crippen LogP contribution < -0.4 is 5.32 Å². The van der Waals surface area contributed by atoms with E-state index in [2.05, 4.69) is 10.3 Å². The number of rotatable bonds is 2. The summed E-state index contributed by atoms with van der Waals surface area (Å²) in [7, 11) is 0. The van der Waals surface area contributed by atoms with Gasteiger partial charge in [0.05, 0.1) is 6.54 Å². The summed E-state index contributed by atoms with van der Waals surface area (Å²) >= 11 is 1.53. The summed E-state index contributed by atoms with van der Waals surface area (Å²) < 4.78 is 0. The zero-order chi connectivity index (χ0) is 15.1. The number of aromatic nitrogens is 1. The van der Waals surface area contributed by atoms with Gasteiger partial charge in [-0.05, 0) is 26.7 Å². The molecule has 3 rings (SSSR count). The van der Waals surface area contributed by atoms with E-state index in [0.29, 0.717) is 6.54 Å². The third-order valence-electron chi connectivity index (χ3n) is 4.60. The first kappa shape index (κ1) is 14.5. The van der Waals surface area contributed by atoms with Crippen molar-refractivity contribution >= 4 is 23.2 Å². The molecule has 1 spiro atoms. The summed E-state index contributed by atoms with van der Waals surface area (Å²) in [5.41, 5.74) is -1.51. The third-order valence-corrected chi connectivity index (χ3v) is 5.37. The van der Waals surface area contributed by atoms with Crippen LogP contribution in [0.25, 0.3) is 0 Å². The van der Waals surface area contributed by atoms with Crippen molar-refractivity contribution in [1.82, 2.24) is 15.2 Å². The van der Waals surface area contributed by atoms with Crippen LogP contribution in [-0.2, 0) is 16.1 Å². The molecule has 1 saturated carbocycles. The zero-order valence-electron chi connectivity index (χ0n) is 12.5. The molecule has 1 aliphatic carbocycles. The van der Waals surface area contributed by atoms with E-state index in [9.17, 15) is 9.59 Å². The van der Waals surface area contributed by atoms with Gasteiger partial charge in [0.2, 0.25) is 11.8 Å². The zero-order valence-corrected chi connectivity index (χ0v) is 13.3. The van der Waals surface area contributed by atoms with Crippen LogP contribution in [0.15, 0.2) is 11.6 Å². The van der Waals surface area contributed by atoms with E-state index >= 15 is 0 Å². The van der Waals surface area contributed by atoms with Crippen molar-refractivity contribution < 1.29 is 9.59 Å². The lowest BCUT2D eigenvalue weighted by atomic mass is 9.76. The maximum absolute atomic E-state index is 12.9. The summed E-state index contributed by atoms with van der Waals surface area (Å²) in [6.45, 7) is 3.99. The number of carbonyl (C=O) groups is 2. The van der Waals surface area contributed by atoms with Gasteiger partial charge in [-0.3, -0.25) is 9.59 Å². The average Bonchev–Trinajstić information content (AvgIpc) is 2.96. The average molecular weight is 307 g/mol. The molecule has 2 aliphatic rings. The van der Waals surface area contributed by atoms with Gasteiger partial charge in [-0.2, -0.15) is 0 Å². The SMILES string of the molecule is CC1(C)NC(=O)C2(CCCCC2)N(Cc2nccs2)C1=O. The Morgan fingerprint density at radius 3 is 2.62 bits per heavy atom. The fraction of sp³-hybridized carbons (Fsp3) is 0.667. The molecule has 1 aromatic rings. The number of amides is 2. The van der Waals surface area contributed by atoms with Gasteiger partial charge in [-0.1, -0.05) is 19.3 Å². The third kappa shape index (κ3) is 2.35. The maximum atomic E-state index is 12.9. The Balaban J connectivity index is 1.98. The summed E-state index contributed by atoms with van der Waals surface area (Å²) in [5, 5.41) is 5.72. The summed E-state index contributed by atoms with van der Waals surface area (Å²) in [4.78, 5) is 31.7. The van der Waals surface area contributed by atoms with E-state index < -0.39 is 11.1 Å². The van der Waals surface area contributed by atoms with Crippen molar-refractivity contribution in [1.29, 1.82) is 0 Å². The molecule has 2 heterocycles. The molecule has 2 fully saturated rings. The second kappa shape index (κ2) is 5.09. The number of nitrogens with zero attached hydrogens (tertiary/aromatic N) is 2. The number of thiazole rings is 1. The van der Waals surface area contributed by atoms with E-state index in [-0.39, 0.29) is 11.8 Å². The number of hydrogen-bond donors (Lipinski definition) is 1. The first-order chi connectivity index (χ1) is 9.96. The molecule has 0 radical (unpaired) electrons. The molecular formula is C15H21N3O2S. The lowest BCUT2D eigenvalue weighted by Crippen LogP contribution is -2.74. The molecule has 0 unspecified atom stereocenters. The van der Waals surface area contributed by atoms with Crippen LogP contribution in [-0.4, -0.2) is 32.8 Å². The quantitative estimate of drug-likeness (QED) is 0.910. The van der Waals surface area contributed by atoms with E-state index in [1.54, 1.807) is 24.9 Å². The lowest BCUT2D eigenvalue weighted by molar-refractivity contribution is -0.165. The minimum Gasteiger partial charge on any atom is -0.340 e. The molecule has 1 N–H and O–H groups in total. The molecule has 114 valence electrons. The van der Waals surface area contributed by atoms with Crippen molar-refractivity contribution in [3.05, 3.63) is 16.6 Å². The largest absolute Gasteiger partial charge is 0.340 e. The Kier molecular flexibility index (Phi) is 3.51. The molecule has 0 aromatic carbocycles. The number of hydrogen-bond acceptors (Lipinski definition) is 4. The molecule has 6 heteroatoms. The van der Waals surface area contributed by atoms with Crippen LogP contribution in [0, 0.1) is 0 Å². The van der Waals surface area contributed by atoms with Crippen LogP contribution in [0.3, 0.4) is 0 Å². The first-order valence-electron chi connectivity index (χ1n) is 7.49. The van der Waals surface area contributed by atoms with E-state index in [1.807, 2.05) is 5.38 Å². The minimum atomic E-state index is -0.836. The van der Waals surface area contributed by atoms with Gasteiger partial charge in [-0.15, -0.1) is 11.3 Å². The highest BCUT2D eigenvalue weighted by Crippen LogP contribution is 2.39. The topological polar surface area (TPSA) is 62.3 Å². The second-order valence-electron chi connectivity index (χ2n) is 6.49. The predicted octanol–water partition coefficient (Wildman–Crippen LogP) is 2.08. The van der Waals surface area contributed by atoms with Crippen LogP contribution in [0.1, 0.15) is 51.0 Å². The first-order valence-corrected chi connectivity index (χ1v) is 8.37. The fourth-order valence-electron chi connectivity index (χ4n) is 3.43. The van der Waals surface area contributed by atoms with E-state index in [1.165, 1.54) is 11.3 Å². The van der Waals surface area contributed by atoms with Gasteiger partial charge in [0.25, 0.3) is 0 Å². The molecule has 1 aliphatic heterocycles. The van der Waals surface area contributed by atoms with Crippen molar-refractivity contribution in [3.63, 3.8) is 0 Å². The van der Waals surface area contributed by atoms with Gasteiger partial charge in [0.1, 0.15) is 16.1 Å². The molecule has 0 atom stereocenters. The Morgan fingerprint density at radius 1 is 1.29 bits per heavy atom. The van der Waals surface area contributed by atoms with Crippen LogP contribution in [0.4, 0.5) is 0 Å². The normalized spacial score (nSPS) is 24.2. The number of carbonyl (C=O) groups excluding carboxylic acids is 2. The number of nitrogens with one attached hydrogen (secondary N) is 1. The molecule has 2 amide bonds. The lowest BCUT2D eigenvalue weighted by Gasteiger charge is -2.52. The van der Waals surface area contributed by atoms with Crippen molar-refractivity contribution in [3.8, 4) is 0 Å². The summed E-state index contributed by atoms with van der Waals surface area (Å²) in [5.74, 6) is 0.00237. The van der Waals surface area contributed by atoms with Crippen LogP contribution in [0.2, 0.25) is 0 Å². The summed E-state index contributed by atoms with van der Waals surface area (Å²) in [6, 6.07) is 0. The number of piperazine rings is 1. The van der Waals surface area contributed by atoms with E-state index in [0.717, 1.165) is 37.1 Å². The molecule has 0 bridgehead atoms. The Bertz CT molecular complexity index is 547. The Hall–Kier alpha value is -1.43. The molecule has 21 heavy (non-hydrogen) atoms. The highest BCUT2D eigenvalue weighted by Gasteiger charge is 2.55. The Morgan fingerprint density at radius 2 is 2.00 bits per heavy atom. The highest BCUT2D eigenvalue weighted by atomic mass is 32.1. The van der Waals surface area contributed by atoms with Crippen molar-refractivity contribution in [2.75, 3.05) is 0 Å². The molecule has 5 nitrogen and oxygen atoms in total. The second-order valence-corrected chi connectivity index (χ2v) is 7.47.